The third kappa shape index (κ3) is 4.14. The minimum atomic E-state index is -4.68. The van der Waals surface area contributed by atoms with Gasteiger partial charge in [-0.25, -0.2) is 13.6 Å². The third-order valence-electron chi connectivity index (χ3n) is 4.99. The Kier molecular flexibility index (Phi) is 5.35. The second kappa shape index (κ2) is 7.88. The molecule has 4 aromatic rings. The molecule has 0 radical (unpaired) electrons. The first kappa shape index (κ1) is 21.7. The van der Waals surface area contributed by atoms with Crippen LogP contribution in [0.3, 0.4) is 0 Å². The van der Waals surface area contributed by atoms with Crippen LogP contribution < -0.4 is 5.14 Å². The number of hydrogen-bond donors (Lipinski definition) is 2. The highest BCUT2D eigenvalue weighted by Crippen LogP contribution is 2.41. The van der Waals surface area contributed by atoms with E-state index in [4.69, 9.17) is 5.14 Å². The standard InChI is InChI=1S/C22H17F3N4O2S/c1-13-20(21(29-28-13)14-7-9-27-10-8-14)16-5-6-18(19(12-16)22(23,24)25)15-3-2-4-17(11-15)32(26,30)31/h2-12H,1H3,(H,28,29)(H2,26,30,31). The number of alkyl halides is 3. The van der Waals surface area contributed by atoms with Crippen molar-refractivity contribution in [3.63, 3.8) is 0 Å². The van der Waals surface area contributed by atoms with Crippen molar-refractivity contribution >= 4 is 10.0 Å². The number of sulfonamides is 1. The number of aromatic nitrogens is 3. The molecule has 0 bridgehead atoms. The smallest absolute Gasteiger partial charge is 0.282 e. The molecule has 0 unspecified atom stereocenters. The van der Waals surface area contributed by atoms with Gasteiger partial charge in [0.1, 0.15) is 5.69 Å². The minimum Gasteiger partial charge on any atom is -0.282 e. The maximum Gasteiger partial charge on any atom is 0.417 e. The van der Waals surface area contributed by atoms with Gasteiger partial charge in [-0.2, -0.15) is 18.3 Å². The Morgan fingerprint density at radius 3 is 2.31 bits per heavy atom. The van der Waals surface area contributed by atoms with E-state index in [1.54, 1.807) is 37.5 Å². The molecule has 0 fully saturated rings. The molecule has 10 heteroatoms. The van der Waals surface area contributed by atoms with Crippen LogP contribution in [0.1, 0.15) is 11.3 Å². The SMILES string of the molecule is Cc1[nH]nc(-c2ccncc2)c1-c1ccc(-c2cccc(S(N)(=O)=O)c2)c(C(F)(F)F)c1. The monoisotopic (exact) mass is 458 g/mol. The number of halogens is 3. The van der Waals surface area contributed by atoms with E-state index in [2.05, 4.69) is 15.2 Å². The van der Waals surface area contributed by atoms with Gasteiger partial charge >= 0.3 is 6.18 Å². The predicted octanol–water partition coefficient (Wildman–Crippen LogP) is 4.78. The van der Waals surface area contributed by atoms with Gasteiger partial charge in [0.2, 0.25) is 10.0 Å². The number of nitrogens with zero attached hydrogens (tertiary/aromatic N) is 2. The fraction of sp³-hybridized carbons (Fsp3) is 0.0909. The highest BCUT2D eigenvalue weighted by atomic mass is 32.2. The number of hydrogen-bond acceptors (Lipinski definition) is 4. The fourth-order valence-corrected chi connectivity index (χ4v) is 4.09. The lowest BCUT2D eigenvalue weighted by atomic mass is 9.93. The van der Waals surface area contributed by atoms with Crippen LogP contribution in [0.25, 0.3) is 33.5 Å². The third-order valence-corrected chi connectivity index (χ3v) is 5.90. The molecule has 4 rings (SSSR count). The van der Waals surface area contributed by atoms with Gasteiger partial charge in [0, 0.05) is 29.2 Å². The van der Waals surface area contributed by atoms with Crippen LogP contribution in [-0.4, -0.2) is 23.6 Å². The number of aryl methyl sites for hydroxylation is 1. The summed E-state index contributed by atoms with van der Waals surface area (Å²) in [5.41, 5.74) is 1.71. The topological polar surface area (TPSA) is 102 Å². The van der Waals surface area contributed by atoms with Gasteiger partial charge in [0.05, 0.1) is 10.5 Å². The normalized spacial score (nSPS) is 12.2. The van der Waals surface area contributed by atoms with Crippen molar-refractivity contribution in [2.24, 2.45) is 5.14 Å². The van der Waals surface area contributed by atoms with Gasteiger partial charge in [-0.1, -0.05) is 24.3 Å². The van der Waals surface area contributed by atoms with E-state index >= 15 is 0 Å². The Balaban J connectivity index is 1.91. The average Bonchev–Trinajstić information content (AvgIpc) is 3.14. The molecule has 0 atom stereocenters. The molecule has 3 N–H and O–H groups in total. The summed E-state index contributed by atoms with van der Waals surface area (Å²) >= 11 is 0. The molecule has 0 aliphatic heterocycles. The van der Waals surface area contributed by atoms with Gasteiger partial charge in [-0.3, -0.25) is 10.1 Å². The summed E-state index contributed by atoms with van der Waals surface area (Å²) in [5.74, 6) is 0. The molecule has 164 valence electrons. The number of aromatic amines is 1. The maximum atomic E-state index is 14.0. The predicted molar refractivity (Wildman–Crippen MR) is 114 cm³/mol. The van der Waals surface area contributed by atoms with Crippen LogP contribution in [-0.2, 0) is 16.2 Å². The number of nitrogens with two attached hydrogens (primary N) is 1. The molecule has 0 saturated carbocycles. The highest BCUT2D eigenvalue weighted by molar-refractivity contribution is 7.89. The quantitative estimate of drug-likeness (QED) is 0.459. The molecule has 2 aromatic heterocycles. The van der Waals surface area contributed by atoms with Crippen LogP contribution in [0.2, 0.25) is 0 Å². The van der Waals surface area contributed by atoms with Crippen molar-refractivity contribution in [1.29, 1.82) is 0 Å². The van der Waals surface area contributed by atoms with Crippen molar-refractivity contribution in [1.82, 2.24) is 15.2 Å². The number of rotatable bonds is 4. The average molecular weight is 458 g/mol. The zero-order valence-corrected chi connectivity index (χ0v) is 17.5. The molecular weight excluding hydrogens is 441 g/mol. The van der Waals surface area contributed by atoms with Gasteiger partial charge in [-0.05, 0) is 53.9 Å². The van der Waals surface area contributed by atoms with Gasteiger partial charge in [0.25, 0.3) is 0 Å². The number of benzene rings is 2. The Morgan fingerprint density at radius 1 is 0.938 bits per heavy atom. The van der Waals surface area contributed by atoms with Gasteiger partial charge in [0.15, 0.2) is 0 Å². The zero-order chi connectivity index (χ0) is 23.1. The van der Waals surface area contributed by atoms with Gasteiger partial charge in [-0.15, -0.1) is 0 Å². The number of nitrogens with one attached hydrogen (secondary N) is 1. The van der Waals surface area contributed by atoms with Crippen LogP contribution >= 0.6 is 0 Å². The summed E-state index contributed by atoms with van der Waals surface area (Å²) in [4.78, 5) is 3.69. The van der Waals surface area contributed by atoms with Crippen molar-refractivity contribution in [3.05, 3.63) is 78.2 Å². The minimum absolute atomic E-state index is 0.0914. The summed E-state index contributed by atoms with van der Waals surface area (Å²) in [6.45, 7) is 1.73. The van der Waals surface area contributed by atoms with Crippen molar-refractivity contribution in [3.8, 4) is 33.5 Å². The molecule has 0 spiro atoms. The van der Waals surface area contributed by atoms with E-state index in [9.17, 15) is 21.6 Å². The van der Waals surface area contributed by atoms with E-state index in [0.717, 1.165) is 12.1 Å². The van der Waals surface area contributed by atoms with E-state index < -0.39 is 21.8 Å². The maximum absolute atomic E-state index is 14.0. The summed E-state index contributed by atoms with van der Waals surface area (Å²) in [5, 5.41) is 12.2. The lowest BCUT2D eigenvalue weighted by Crippen LogP contribution is -2.12. The molecule has 2 heterocycles. The molecule has 0 aliphatic carbocycles. The van der Waals surface area contributed by atoms with E-state index in [1.165, 1.54) is 24.3 Å². The fourth-order valence-electron chi connectivity index (χ4n) is 3.53. The second-order valence-electron chi connectivity index (χ2n) is 7.14. The first-order chi connectivity index (χ1) is 15.1. The van der Waals surface area contributed by atoms with E-state index in [1.807, 2.05) is 0 Å². The summed E-state index contributed by atoms with van der Waals surface area (Å²) in [6, 6.07) is 12.5. The van der Waals surface area contributed by atoms with Crippen LogP contribution in [0.5, 0.6) is 0 Å². The van der Waals surface area contributed by atoms with Crippen molar-refractivity contribution < 1.29 is 21.6 Å². The Labute approximate surface area is 182 Å². The first-order valence-corrected chi connectivity index (χ1v) is 10.9. The summed E-state index contributed by atoms with van der Waals surface area (Å²) < 4.78 is 65.4. The van der Waals surface area contributed by atoms with Gasteiger partial charge < -0.3 is 0 Å². The first-order valence-electron chi connectivity index (χ1n) is 9.36. The summed E-state index contributed by atoms with van der Waals surface area (Å²) in [7, 11) is -4.07. The van der Waals surface area contributed by atoms with Crippen LogP contribution in [0.15, 0.2) is 71.9 Å². The van der Waals surface area contributed by atoms with Crippen molar-refractivity contribution in [2.75, 3.05) is 0 Å². The molecule has 2 aromatic carbocycles. The van der Waals surface area contributed by atoms with E-state index in [-0.39, 0.29) is 16.0 Å². The zero-order valence-electron chi connectivity index (χ0n) is 16.7. The van der Waals surface area contributed by atoms with E-state index in [0.29, 0.717) is 28.1 Å². The van der Waals surface area contributed by atoms with Crippen LogP contribution in [0, 0.1) is 6.92 Å². The lowest BCUT2D eigenvalue weighted by Gasteiger charge is -2.16. The van der Waals surface area contributed by atoms with Crippen molar-refractivity contribution in [2.45, 2.75) is 18.0 Å². The lowest BCUT2D eigenvalue weighted by molar-refractivity contribution is -0.137. The number of H-pyrrole nitrogens is 1. The molecule has 0 saturated heterocycles. The Morgan fingerprint density at radius 2 is 1.66 bits per heavy atom. The number of primary sulfonamides is 1. The second-order valence-corrected chi connectivity index (χ2v) is 8.70. The Hall–Kier alpha value is -3.50. The van der Waals surface area contributed by atoms with Crippen LogP contribution in [0.4, 0.5) is 13.2 Å². The largest absolute Gasteiger partial charge is 0.417 e. The molecule has 32 heavy (non-hydrogen) atoms. The summed E-state index contributed by atoms with van der Waals surface area (Å²) in [6.07, 6.45) is -1.53. The Bertz CT molecular complexity index is 1400. The molecular formula is C22H17F3N4O2S. The number of pyridine rings is 1. The molecule has 6 nitrogen and oxygen atoms in total. The molecule has 0 amide bonds. The highest BCUT2D eigenvalue weighted by Gasteiger charge is 2.34. The molecule has 0 aliphatic rings.